The lowest BCUT2D eigenvalue weighted by atomic mass is 10.2. The van der Waals surface area contributed by atoms with Gasteiger partial charge in [-0.2, -0.15) is 0 Å². The monoisotopic (exact) mass is 190 g/mol. The van der Waals surface area contributed by atoms with Crippen molar-refractivity contribution in [3.8, 4) is 0 Å². The number of pyridine rings is 1. The van der Waals surface area contributed by atoms with Gasteiger partial charge in [0.25, 0.3) is 0 Å². The Hall–Kier alpha value is -0.890. The molecule has 1 saturated carbocycles. The van der Waals surface area contributed by atoms with Gasteiger partial charge in [-0.05, 0) is 43.0 Å². The second kappa shape index (κ2) is 5.11. The van der Waals surface area contributed by atoms with Crippen LogP contribution in [0.3, 0.4) is 0 Å². The highest BCUT2D eigenvalue weighted by molar-refractivity contribution is 5.08. The van der Waals surface area contributed by atoms with Crippen LogP contribution in [0.1, 0.15) is 31.2 Å². The van der Waals surface area contributed by atoms with Crippen LogP contribution in [-0.2, 0) is 6.54 Å². The smallest absolute Gasteiger partial charge is 0.0271 e. The Morgan fingerprint density at radius 1 is 1.29 bits per heavy atom. The van der Waals surface area contributed by atoms with E-state index in [-0.39, 0.29) is 0 Å². The van der Waals surface area contributed by atoms with Crippen molar-refractivity contribution in [2.75, 3.05) is 6.54 Å². The van der Waals surface area contributed by atoms with E-state index >= 15 is 0 Å². The zero-order valence-electron chi connectivity index (χ0n) is 8.58. The fraction of sp³-hybridized carbons (Fsp3) is 0.583. The Balaban J connectivity index is 1.54. The molecule has 2 nitrogen and oxygen atoms in total. The number of nitrogens with zero attached hydrogens (tertiary/aromatic N) is 1. The van der Waals surface area contributed by atoms with Crippen LogP contribution in [-0.4, -0.2) is 11.5 Å². The van der Waals surface area contributed by atoms with Gasteiger partial charge in [-0.1, -0.05) is 12.8 Å². The Labute approximate surface area is 85.7 Å². The van der Waals surface area contributed by atoms with Crippen LogP contribution < -0.4 is 5.32 Å². The van der Waals surface area contributed by atoms with Crippen LogP contribution >= 0.6 is 0 Å². The van der Waals surface area contributed by atoms with Crippen molar-refractivity contribution in [2.45, 2.75) is 32.2 Å². The zero-order valence-corrected chi connectivity index (χ0v) is 8.58. The topological polar surface area (TPSA) is 24.9 Å². The fourth-order valence-corrected chi connectivity index (χ4v) is 1.66. The first-order valence-corrected chi connectivity index (χ1v) is 5.55. The molecule has 1 aromatic rings. The second-order valence-electron chi connectivity index (χ2n) is 4.12. The number of hydrogen-bond acceptors (Lipinski definition) is 2. The number of aromatic nitrogens is 1. The van der Waals surface area contributed by atoms with Gasteiger partial charge in [0.05, 0.1) is 0 Å². The van der Waals surface area contributed by atoms with Gasteiger partial charge in [-0.25, -0.2) is 0 Å². The highest BCUT2D eigenvalue weighted by atomic mass is 14.8. The summed E-state index contributed by atoms with van der Waals surface area (Å²) >= 11 is 0. The number of hydrogen-bond donors (Lipinski definition) is 1. The first-order chi connectivity index (χ1) is 6.95. The molecule has 2 rings (SSSR count). The number of rotatable bonds is 6. The molecule has 0 spiro atoms. The first kappa shape index (κ1) is 9.66. The zero-order chi connectivity index (χ0) is 9.64. The van der Waals surface area contributed by atoms with Gasteiger partial charge in [0, 0.05) is 18.9 Å². The normalized spacial score (nSPS) is 15.7. The third kappa shape index (κ3) is 3.46. The lowest BCUT2D eigenvalue weighted by Gasteiger charge is -2.03. The van der Waals surface area contributed by atoms with E-state index in [9.17, 15) is 0 Å². The third-order valence-corrected chi connectivity index (χ3v) is 2.74. The minimum atomic E-state index is 0.979. The Kier molecular flexibility index (Phi) is 3.52. The van der Waals surface area contributed by atoms with E-state index < -0.39 is 0 Å². The Morgan fingerprint density at radius 2 is 2.07 bits per heavy atom. The van der Waals surface area contributed by atoms with Crippen LogP contribution in [0.4, 0.5) is 0 Å². The maximum Gasteiger partial charge on any atom is 0.0271 e. The maximum absolute atomic E-state index is 3.99. The molecule has 1 heterocycles. The van der Waals surface area contributed by atoms with Crippen LogP contribution in [0, 0.1) is 5.92 Å². The lowest BCUT2D eigenvalue weighted by molar-refractivity contribution is 0.594. The predicted octanol–water partition coefficient (Wildman–Crippen LogP) is 2.36. The summed E-state index contributed by atoms with van der Waals surface area (Å²) in [7, 11) is 0. The van der Waals surface area contributed by atoms with Crippen LogP contribution in [0.15, 0.2) is 24.5 Å². The van der Waals surface area contributed by atoms with Crippen LogP contribution in [0.25, 0.3) is 0 Å². The van der Waals surface area contributed by atoms with E-state index in [4.69, 9.17) is 0 Å². The third-order valence-electron chi connectivity index (χ3n) is 2.74. The molecule has 0 aliphatic heterocycles. The average Bonchev–Trinajstić information content (AvgIpc) is 3.03. The van der Waals surface area contributed by atoms with Crippen molar-refractivity contribution >= 4 is 0 Å². The molecule has 2 heteroatoms. The molecule has 1 aromatic heterocycles. The van der Waals surface area contributed by atoms with Crippen molar-refractivity contribution in [1.82, 2.24) is 10.3 Å². The predicted molar refractivity (Wildman–Crippen MR) is 57.9 cm³/mol. The summed E-state index contributed by atoms with van der Waals surface area (Å²) in [6.45, 7) is 2.13. The summed E-state index contributed by atoms with van der Waals surface area (Å²) in [5, 5.41) is 3.46. The Morgan fingerprint density at radius 3 is 2.79 bits per heavy atom. The minimum Gasteiger partial charge on any atom is -0.313 e. The van der Waals surface area contributed by atoms with Crippen molar-refractivity contribution in [3.63, 3.8) is 0 Å². The molecule has 0 aromatic carbocycles. The molecule has 1 aliphatic carbocycles. The summed E-state index contributed by atoms with van der Waals surface area (Å²) in [5.74, 6) is 1.07. The van der Waals surface area contributed by atoms with Gasteiger partial charge in [0.2, 0.25) is 0 Å². The van der Waals surface area contributed by atoms with Crippen LogP contribution in [0.5, 0.6) is 0 Å². The molecule has 0 saturated heterocycles. The number of nitrogens with one attached hydrogen (secondary N) is 1. The lowest BCUT2D eigenvalue weighted by Crippen LogP contribution is -2.14. The molecule has 76 valence electrons. The highest BCUT2D eigenvalue weighted by Crippen LogP contribution is 2.33. The van der Waals surface area contributed by atoms with E-state index in [1.54, 1.807) is 0 Å². The molecule has 1 aliphatic rings. The second-order valence-corrected chi connectivity index (χ2v) is 4.12. The van der Waals surface area contributed by atoms with Gasteiger partial charge < -0.3 is 5.32 Å². The van der Waals surface area contributed by atoms with Crippen molar-refractivity contribution < 1.29 is 0 Å². The summed E-state index contributed by atoms with van der Waals surface area (Å²) < 4.78 is 0. The van der Waals surface area contributed by atoms with Gasteiger partial charge in [-0.3, -0.25) is 4.98 Å². The molecular formula is C12H18N2. The summed E-state index contributed by atoms with van der Waals surface area (Å²) in [6.07, 6.45) is 9.40. The van der Waals surface area contributed by atoms with E-state index in [0.717, 1.165) is 19.0 Å². The average molecular weight is 190 g/mol. The van der Waals surface area contributed by atoms with Crippen molar-refractivity contribution in [1.29, 1.82) is 0 Å². The van der Waals surface area contributed by atoms with Gasteiger partial charge >= 0.3 is 0 Å². The van der Waals surface area contributed by atoms with E-state index in [1.165, 1.54) is 31.2 Å². The molecule has 0 amide bonds. The summed E-state index contributed by atoms with van der Waals surface area (Å²) in [6, 6.07) is 4.13. The first-order valence-electron chi connectivity index (χ1n) is 5.55. The van der Waals surface area contributed by atoms with E-state index in [1.807, 2.05) is 12.4 Å². The molecule has 0 atom stereocenters. The molecule has 14 heavy (non-hydrogen) atoms. The standard InChI is InChI=1S/C12H18N2/c1(2-11-3-4-11)7-14-10-12-5-8-13-9-6-12/h5-6,8-9,11,14H,1-4,7,10H2. The summed E-state index contributed by atoms with van der Waals surface area (Å²) in [5.41, 5.74) is 1.33. The van der Waals surface area contributed by atoms with Gasteiger partial charge in [0.15, 0.2) is 0 Å². The molecule has 0 radical (unpaired) electrons. The quantitative estimate of drug-likeness (QED) is 0.696. The van der Waals surface area contributed by atoms with Crippen molar-refractivity contribution in [3.05, 3.63) is 30.1 Å². The SMILES string of the molecule is c1cc(CNCCCC2CC2)ccn1. The molecule has 1 fully saturated rings. The molecular weight excluding hydrogens is 172 g/mol. The van der Waals surface area contributed by atoms with Gasteiger partial charge in [0.1, 0.15) is 0 Å². The molecule has 0 bridgehead atoms. The fourth-order valence-electron chi connectivity index (χ4n) is 1.66. The van der Waals surface area contributed by atoms with Gasteiger partial charge in [-0.15, -0.1) is 0 Å². The van der Waals surface area contributed by atoms with Crippen LogP contribution in [0.2, 0.25) is 0 Å². The van der Waals surface area contributed by atoms with E-state index in [2.05, 4.69) is 22.4 Å². The summed E-state index contributed by atoms with van der Waals surface area (Å²) in [4.78, 5) is 3.99. The molecule has 0 unspecified atom stereocenters. The largest absolute Gasteiger partial charge is 0.313 e. The Bertz CT molecular complexity index is 254. The van der Waals surface area contributed by atoms with Crippen molar-refractivity contribution in [2.24, 2.45) is 5.92 Å². The minimum absolute atomic E-state index is 0.979. The molecule has 1 N–H and O–H groups in total. The highest BCUT2D eigenvalue weighted by Gasteiger charge is 2.19. The van der Waals surface area contributed by atoms with E-state index in [0.29, 0.717) is 0 Å². The maximum atomic E-state index is 3.99.